The predicted molar refractivity (Wildman–Crippen MR) is 147 cm³/mol. The minimum absolute atomic E-state index is 0.160. The van der Waals surface area contributed by atoms with E-state index >= 15 is 13.2 Å². The molecule has 1 N–H and O–H groups in total. The first-order valence-corrected chi connectivity index (χ1v) is 13.6. The monoisotopic (exact) mass is 542 g/mol. The van der Waals surface area contributed by atoms with Gasteiger partial charge in [-0.2, -0.15) is 4.98 Å². The summed E-state index contributed by atoms with van der Waals surface area (Å²) in [5, 5.41) is 3.92. The van der Waals surface area contributed by atoms with Crippen LogP contribution in [0.25, 0.3) is 11.0 Å². The highest BCUT2D eigenvalue weighted by molar-refractivity contribution is 5.90. The van der Waals surface area contributed by atoms with Gasteiger partial charge in [-0.3, -0.25) is 4.90 Å². The van der Waals surface area contributed by atoms with Crippen molar-refractivity contribution in [3.8, 4) is 5.88 Å². The van der Waals surface area contributed by atoms with E-state index in [1.165, 1.54) is 19.1 Å². The van der Waals surface area contributed by atoms with E-state index < -0.39 is 28.8 Å². The van der Waals surface area contributed by atoms with E-state index in [2.05, 4.69) is 43.9 Å². The Morgan fingerprint density at radius 3 is 2.36 bits per heavy atom. The Morgan fingerprint density at radius 1 is 1.05 bits per heavy atom. The number of nitrogens with zero attached hydrogens (tertiary/aromatic N) is 5. The maximum atomic E-state index is 15.6. The normalized spacial score (nSPS) is 18.5. The molecule has 0 bridgehead atoms. The van der Waals surface area contributed by atoms with Crippen LogP contribution in [0.1, 0.15) is 63.5 Å². The van der Waals surface area contributed by atoms with Crippen LogP contribution < -0.4 is 15.0 Å². The van der Waals surface area contributed by atoms with Crippen molar-refractivity contribution in [2.45, 2.75) is 65.5 Å². The number of pyridine rings is 1. The number of benzene rings is 1. The Balaban J connectivity index is 1.49. The van der Waals surface area contributed by atoms with Gasteiger partial charge in [0.2, 0.25) is 5.88 Å². The van der Waals surface area contributed by atoms with E-state index in [4.69, 9.17) is 4.74 Å². The molecule has 1 aromatic carbocycles. The van der Waals surface area contributed by atoms with Crippen LogP contribution in [0.15, 0.2) is 24.3 Å². The highest BCUT2D eigenvalue weighted by Gasteiger charge is 2.60. The van der Waals surface area contributed by atoms with Crippen LogP contribution in [0, 0.1) is 18.2 Å². The zero-order valence-corrected chi connectivity index (χ0v) is 23.5. The molecular formula is C29H37F3N6O. The number of alkyl halides is 2. The predicted octanol–water partition coefficient (Wildman–Crippen LogP) is 6.08. The molecule has 2 fully saturated rings. The second-order valence-electron chi connectivity index (χ2n) is 11.3. The van der Waals surface area contributed by atoms with Crippen LogP contribution in [0.3, 0.4) is 0 Å². The number of halogens is 3. The van der Waals surface area contributed by atoms with Gasteiger partial charge in [-0.1, -0.05) is 25.1 Å². The summed E-state index contributed by atoms with van der Waals surface area (Å²) in [6.07, 6.45) is 0.768. The van der Waals surface area contributed by atoms with E-state index in [0.29, 0.717) is 47.4 Å². The van der Waals surface area contributed by atoms with Crippen molar-refractivity contribution in [2.75, 3.05) is 43.5 Å². The number of nitrogens with one attached hydrogen (secondary N) is 1. The summed E-state index contributed by atoms with van der Waals surface area (Å²) in [6, 6.07) is 6.03. The van der Waals surface area contributed by atoms with Crippen molar-refractivity contribution >= 4 is 22.5 Å². The summed E-state index contributed by atoms with van der Waals surface area (Å²) in [5.41, 5.74) is -0.299. The summed E-state index contributed by atoms with van der Waals surface area (Å²) in [7, 11) is 1.59. The smallest absolute Gasteiger partial charge is 0.281 e. The van der Waals surface area contributed by atoms with Crippen molar-refractivity contribution in [3.05, 3.63) is 47.0 Å². The molecule has 2 aliphatic rings. The molecule has 1 aliphatic heterocycles. The van der Waals surface area contributed by atoms with Crippen LogP contribution in [0.5, 0.6) is 5.88 Å². The van der Waals surface area contributed by atoms with Crippen molar-refractivity contribution in [2.24, 2.45) is 5.41 Å². The molecule has 0 radical (unpaired) electrons. The molecule has 5 rings (SSSR count). The summed E-state index contributed by atoms with van der Waals surface area (Å²) >= 11 is 0. The SMILES string of the molecule is COc1nc2nc(C)nc(N[C@H](C)c3cccc(C(F)(F)C4(C)CC4)c3F)c2cc1N1CCN(C(C)C)CC1. The summed E-state index contributed by atoms with van der Waals surface area (Å²) in [4.78, 5) is 18.4. The fraction of sp³-hybridized carbons (Fsp3) is 0.552. The molecule has 0 amide bonds. The van der Waals surface area contributed by atoms with Gasteiger partial charge in [0.1, 0.15) is 23.1 Å². The second kappa shape index (κ2) is 10.1. The number of aryl methyl sites for hydroxylation is 1. The topological polar surface area (TPSA) is 66.4 Å². The Kier molecular flexibility index (Phi) is 7.11. The van der Waals surface area contributed by atoms with Gasteiger partial charge in [0.15, 0.2) is 5.65 Å². The summed E-state index contributed by atoms with van der Waals surface area (Å²) in [5.74, 6) is -2.69. The lowest BCUT2D eigenvalue weighted by Gasteiger charge is -2.38. The van der Waals surface area contributed by atoms with Gasteiger partial charge in [-0.15, -0.1) is 0 Å². The Bertz CT molecular complexity index is 1370. The zero-order chi connectivity index (χ0) is 28.1. The summed E-state index contributed by atoms with van der Waals surface area (Å²) in [6.45, 7) is 12.9. The fourth-order valence-corrected chi connectivity index (χ4v) is 5.34. The van der Waals surface area contributed by atoms with Gasteiger partial charge in [0.25, 0.3) is 5.92 Å². The molecular weight excluding hydrogens is 505 g/mol. The lowest BCUT2D eigenvalue weighted by atomic mass is 9.90. The molecule has 0 spiro atoms. The molecule has 3 aromatic rings. The Labute approximate surface area is 227 Å². The maximum Gasteiger partial charge on any atom is 0.281 e. The molecule has 7 nitrogen and oxygen atoms in total. The quantitative estimate of drug-likeness (QED) is 0.370. The lowest BCUT2D eigenvalue weighted by Crippen LogP contribution is -2.49. The second-order valence-corrected chi connectivity index (χ2v) is 11.3. The van der Waals surface area contributed by atoms with Gasteiger partial charge in [0, 0.05) is 43.2 Å². The largest absolute Gasteiger partial charge is 0.479 e. The van der Waals surface area contributed by atoms with Crippen LogP contribution in [-0.2, 0) is 5.92 Å². The van der Waals surface area contributed by atoms with E-state index in [1.54, 1.807) is 27.0 Å². The number of hydrogen-bond acceptors (Lipinski definition) is 7. The number of piperazine rings is 1. The molecule has 3 heterocycles. The lowest BCUT2D eigenvalue weighted by molar-refractivity contribution is -0.0753. The molecule has 39 heavy (non-hydrogen) atoms. The molecule has 1 atom stereocenters. The summed E-state index contributed by atoms with van der Waals surface area (Å²) < 4.78 is 51.6. The molecule has 210 valence electrons. The average molecular weight is 543 g/mol. The highest BCUT2D eigenvalue weighted by atomic mass is 19.3. The first-order chi connectivity index (χ1) is 18.4. The third-order valence-electron chi connectivity index (χ3n) is 8.27. The van der Waals surface area contributed by atoms with Crippen LogP contribution in [-0.4, -0.2) is 59.2 Å². The first-order valence-electron chi connectivity index (χ1n) is 13.6. The maximum absolute atomic E-state index is 15.6. The Hall–Kier alpha value is -3.14. The fourth-order valence-electron chi connectivity index (χ4n) is 5.34. The standard InChI is InChI=1S/C29H37F3N6O/c1-17(2)37-12-14-38(15-13-37)23-16-21-25(34-19(4)35-26(21)36-27(23)39-6)33-18(3)20-8-7-9-22(24(20)30)29(31,32)28(5)10-11-28/h7-9,16-18H,10-15H2,1-6H3,(H,33,34,35,36)/t18-/m1/s1. The highest BCUT2D eigenvalue weighted by Crippen LogP contribution is 2.61. The number of anilines is 2. The number of rotatable bonds is 8. The number of methoxy groups -OCH3 is 1. The van der Waals surface area contributed by atoms with Crippen molar-refractivity contribution in [3.63, 3.8) is 0 Å². The minimum Gasteiger partial charge on any atom is -0.479 e. The molecule has 0 unspecified atom stereocenters. The van der Waals surface area contributed by atoms with Crippen molar-refractivity contribution < 1.29 is 17.9 Å². The minimum atomic E-state index is -3.24. The molecule has 2 aromatic heterocycles. The Morgan fingerprint density at radius 2 is 1.74 bits per heavy atom. The van der Waals surface area contributed by atoms with Crippen LogP contribution >= 0.6 is 0 Å². The van der Waals surface area contributed by atoms with Gasteiger partial charge in [0.05, 0.1) is 24.1 Å². The van der Waals surface area contributed by atoms with E-state index in [1.807, 2.05) is 6.07 Å². The third kappa shape index (κ3) is 4.99. The molecule has 1 aliphatic carbocycles. The number of hydrogen-bond donors (Lipinski definition) is 1. The van der Waals surface area contributed by atoms with Gasteiger partial charge in [-0.05, 0) is 46.6 Å². The van der Waals surface area contributed by atoms with Crippen molar-refractivity contribution in [1.29, 1.82) is 0 Å². The van der Waals surface area contributed by atoms with Crippen LogP contribution in [0.4, 0.5) is 24.7 Å². The number of ether oxygens (including phenoxy) is 1. The van der Waals surface area contributed by atoms with E-state index in [-0.39, 0.29) is 5.56 Å². The van der Waals surface area contributed by atoms with Crippen molar-refractivity contribution in [1.82, 2.24) is 19.9 Å². The third-order valence-corrected chi connectivity index (χ3v) is 8.27. The first kappa shape index (κ1) is 27.4. The molecule has 1 saturated carbocycles. The number of fused-ring (bicyclic) bond motifs is 1. The van der Waals surface area contributed by atoms with E-state index in [0.717, 1.165) is 31.9 Å². The van der Waals surface area contributed by atoms with Crippen LogP contribution in [0.2, 0.25) is 0 Å². The van der Waals surface area contributed by atoms with Gasteiger partial charge < -0.3 is 15.0 Å². The molecule has 1 saturated heterocycles. The van der Waals surface area contributed by atoms with Gasteiger partial charge >= 0.3 is 0 Å². The van der Waals surface area contributed by atoms with E-state index in [9.17, 15) is 0 Å². The molecule has 10 heteroatoms. The average Bonchev–Trinajstić information content (AvgIpc) is 3.67. The van der Waals surface area contributed by atoms with Gasteiger partial charge in [-0.25, -0.2) is 23.1 Å². The number of aromatic nitrogens is 3. The zero-order valence-electron chi connectivity index (χ0n) is 23.5.